The van der Waals surface area contributed by atoms with Crippen LogP contribution in [0, 0.1) is 13.8 Å². The molecule has 1 saturated heterocycles. The molecule has 1 amide bonds. The Bertz CT molecular complexity index is 459. The number of amides is 1. The zero-order valence-electron chi connectivity index (χ0n) is 11.6. The molecule has 1 fully saturated rings. The third-order valence-electron chi connectivity index (χ3n) is 3.73. The second-order valence-corrected chi connectivity index (χ2v) is 5.13. The maximum absolute atomic E-state index is 12.5. The van der Waals surface area contributed by atoms with E-state index in [2.05, 4.69) is 31.3 Å². The van der Waals surface area contributed by atoms with Gasteiger partial charge in [-0.3, -0.25) is 4.79 Å². The molecule has 0 saturated carbocycles. The Morgan fingerprint density at radius 2 is 2.16 bits per heavy atom. The van der Waals surface area contributed by atoms with Crippen molar-refractivity contribution in [3.8, 4) is 0 Å². The molecule has 2 N–H and O–H groups in total. The summed E-state index contributed by atoms with van der Waals surface area (Å²) >= 11 is 0. The van der Waals surface area contributed by atoms with Gasteiger partial charge in [0, 0.05) is 18.8 Å². The van der Waals surface area contributed by atoms with Gasteiger partial charge >= 0.3 is 0 Å². The third kappa shape index (κ3) is 3.14. The van der Waals surface area contributed by atoms with E-state index in [4.69, 9.17) is 5.11 Å². The third-order valence-corrected chi connectivity index (χ3v) is 3.73. The van der Waals surface area contributed by atoms with E-state index in [1.165, 1.54) is 11.1 Å². The van der Waals surface area contributed by atoms with E-state index in [1.807, 2.05) is 11.0 Å². The summed E-state index contributed by atoms with van der Waals surface area (Å²) in [5.74, 6) is 0.0646. The maximum atomic E-state index is 12.5. The fraction of sp³-hybridized carbons (Fsp3) is 0.533. The lowest BCUT2D eigenvalue weighted by Crippen LogP contribution is -2.44. The van der Waals surface area contributed by atoms with Crippen LogP contribution in [0.4, 0.5) is 5.69 Å². The first-order valence-electron chi connectivity index (χ1n) is 6.86. The summed E-state index contributed by atoms with van der Waals surface area (Å²) in [4.78, 5) is 14.3. The summed E-state index contributed by atoms with van der Waals surface area (Å²) < 4.78 is 0. The molecule has 2 rings (SSSR count). The fourth-order valence-electron chi connectivity index (χ4n) is 2.40. The molecule has 4 heteroatoms. The van der Waals surface area contributed by atoms with E-state index in [-0.39, 0.29) is 18.6 Å². The zero-order valence-corrected chi connectivity index (χ0v) is 11.6. The Labute approximate surface area is 114 Å². The maximum Gasteiger partial charge on any atom is 0.244 e. The molecule has 1 unspecified atom stereocenters. The van der Waals surface area contributed by atoms with Gasteiger partial charge in [-0.15, -0.1) is 0 Å². The van der Waals surface area contributed by atoms with Crippen molar-refractivity contribution in [2.45, 2.75) is 32.7 Å². The Hall–Kier alpha value is -1.39. The van der Waals surface area contributed by atoms with Crippen LogP contribution in [0.15, 0.2) is 18.2 Å². The van der Waals surface area contributed by atoms with Gasteiger partial charge in [-0.25, -0.2) is 0 Å². The summed E-state index contributed by atoms with van der Waals surface area (Å²) in [5, 5.41) is 12.3. The van der Waals surface area contributed by atoms with Crippen molar-refractivity contribution >= 4 is 11.6 Å². The van der Waals surface area contributed by atoms with E-state index in [1.54, 1.807) is 0 Å². The first-order valence-corrected chi connectivity index (χ1v) is 6.86. The van der Waals surface area contributed by atoms with Gasteiger partial charge in [0.15, 0.2) is 0 Å². The molecule has 1 atom stereocenters. The average Bonchev–Trinajstić information content (AvgIpc) is 2.57. The van der Waals surface area contributed by atoms with E-state index < -0.39 is 0 Å². The molecule has 0 aliphatic carbocycles. The number of hydrogen-bond acceptors (Lipinski definition) is 3. The molecule has 0 radical (unpaired) electrons. The molecule has 104 valence electrons. The molecule has 1 aliphatic rings. The van der Waals surface area contributed by atoms with E-state index in [0.29, 0.717) is 6.42 Å². The van der Waals surface area contributed by atoms with Crippen molar-refractivity contribution in [2.75, 3.05) is 24.6 Å². The minimum atomic E-state index is -0.269. The second-order valence-electron chi connectivity index (χ2n) is 5.13. The highest BCUT2D eigenvalue weighted by Gasteiger charge is 2.27. The summed E-state index contributed by atoms with van der Waals surface area (Å²) in [5.41, 5.74) is 3.39. The zero-order chi connectivity index (χ0) is 13.8. The van der Waals surface area contributed by atoms with Crippen molar-refractivity contribution in [1.82, 2.24) is 5.32 Å². The molecule has 0 aromatic heterocycles. The number of hydrogen-bond donors (Lipinski definition) is 2. The molecular weight excluding hydrogens is 240 g/mol. The smallest absolute Gasteiger partial charge is 0.244 e. The van der Waals surface area contributed by atoms with Gasteiger partial charge in [0.2, 0.25) is 5.91 Å². The minimum Gasteiger partial charge on any atom is -0.396 e. The average molecular weight is 262 g/mol. The molecule has 1 aromatic rings. The fourth-order valence-corrected chi connectivity index (χ4v) is 2.40. The molecule has 1 aromatic carbocycles. The molecule has 4 nitrogen and oxygen atoms in total. The molecule has 19 heavy (non-hydrogen) atoms. The van der Waals surface area contributed by atoms with Crippen molar-refractivity contribution < 1.29 is 9.90 Å². The van der Waals surface area contributed by atoms with Crippen LogP contribution in [0.25, 0.3) is 0 Å². The van der Waals surface area contributed by atoms with Gasteiger partial charge in [-0.1, -0.05) is 6.07 Å². The van der Waals surface area contributed by atoms with Gasteiger partial charge in [0.1, 0.15) is 0 Å². The molecule has 1 aliphatic heterocycles. The van der Waals surface area contributed by atoms with Gasteiger partial charge in [0.05, 0.1) is 6.04 Å². The SMILES string of the molecule is Cc1ccc(N2CCCNC(CCO)C2=O)cc1C. The van der Waals surface area contributed by atoms with Crippen LogP contribution in [-0.2, 0) is 4.79 Å². The van der Waals surface area contributed by atoms with Crippen LogP contribution in [0.3, 0.4) is 0 Å². The van der Waals surface area contributed by atoms with Crippen LogP contribution >= 0.6 is 0 Å². The van der Waals surface area contributed by atoms with Crippen LogP contribution in [0.2, 0.25) is 0 Å². The van der Waals surface area contributed by atoms with E-state index in [9.17, 15) is 4.79 Å². The Morgan fingerprint density at radius 1 is 1.37 bits per heavy atom. The van der Waals surface area contributed by atoms with Crippen molar-refractivity contribution in [3.63, 3.8) is 0 Å². The van der Waals surface area contributed by atoms with E-state index in [0.717, 1.165) is 25.2 Å². The summed E-state index contributed by atoms with van der Waals surface area (Å²) in [6.45, 7) is 5.71. The predicted molar refractivity (Wildman–Crippen MR) is 76.4 cm³/mol. The monoisotopic (exact) mass is 262 g/mol. The lowest BCUT2D eigenvalue weighted by molar-refractivity contribution is -0.120. The normalized spacial score (nSPS) is 20.5. The van der Waals surface area contributed by atoms with Gasteiger partial charge in [-0.05, 0) is 56.5 Å². The highest BCUT2D eigenvalue weighted by atomic mass is 16.3. The summed E-state index contributed by atoms with van der Waals surface area (Å²) in [6.07, 6.45) is 1.40. The Balaban J connectivity index is 2.25. The highest BCUT2D eigenvalue weighted by Crippen LogP contribution is 2.21. The number of nitrogens with one attached hydrogen (secondary N) is 1. The first kappa shape index (κ1) is 14.0. The number of rotatable bonds is 3. The van der Waals surface area contributed by atoms with Crippen molar-refractivity contribution in [2.24, 2.45) is 0 Å². The Kier molecular flexibility index (Phi) is 4.56. The molecule has 1 heterocycles. The Morgan fingerprint density at radius 3 is 2.84 bits per heavy atom. The van der Waals surface area contributed by atoms with Crippen LogP contribution in [-0.4, -0.2) is 36.8 Å². The predicted octanol–water partition coefficient (Wildman–Crippen LogP) is 1.38. The number of anilines is 1. The van der Waals surface area contributed by atoms with Crippen molar-refractivity contribution in [1.29, 1.82) is 0 Å². The quantitative estimate of drug-likeness (QED) is 0.865. The number of carbonyl (C=O) groups excluding carboxylic acids is 1. The van der Waals surface area contributed by atoms with E-state index >= 15 is 0 Å². The number of carbonyl (C=O) groups is 1. The lowest BCUT2D eigenvalue weighted by Gasteiger charge is -2.24. The molecule has 0 bridgehead atoms. The lowest BCUT2D eigenvalue weighted by atomic mass is 10.1. The summed E-state index contributed by atoms with van der Waals surface area (Å²) in [7, 11) is 0. The number of nitrogens with zero attached hydrogens (tertiary/aromatic N) is 1. The van der Waals surface area contributed by atoms with Gasteiger partial charge in [0.25, 0.3) is 0 Å². The van der Waals surface area contributed by atoms with Crippen LogP contribution in [0.1, 0.15) is 24.0 Å². The van der Waals surface area contributed by atoms with Crippen LogP contribution in [0.5, 0.6) is 0 Å². The number of benzene rings is 1. The molecule has 0 spiro atoms. The largest absolute Gasteiger partial charge is 0.396 e. The van der Waals surface area contributed by atoms with Gasteiger partial charge in [-0.2, -0.15) is 0 Å². The first-order chi connectivity index (χ1) is 9.13. The van der Waals surface area contributed by atoms with Crippen LogP contribution < -0.4 is 10.2 Å². The van der Waals surface area contributed by atoms with Crippen molar-refractivity contribution in [3.05, 3.63) is 29.3 Å². The van der Waals surface area contributed by atoms with Gasteiger partial charge < -0.3 is 15.3 Å². The number of aliphatic hydroxyl groups is 1. The highest BCUT2D eigenvalue weighted by molar-refractivity contribution is 5.97. The number of aryl methyl sites for hydroxylation is 2. The minimum absolute atomic E-state index is 0.0319. The molecular formula is C15H22N2O2. The topological polar surface area (TPSA) is 52.6 Å². The number of aliphatic hydroxyl groups excluding tert-OH is 1. The standard InChI is InChI=1S/C15H22N2O2/c1-11-4-5-13(10-12(11)2)17-8-3-7-16-14(6-9-18)15(17)19/h4-5,10,14,16,18H,3,6-9H2,1-2H3. The summed E-state index contributed by atoms with van der Waals surface area (Å²) in [6, 6.07) is 5.85. The second kappa shape index (κ2) is 6.17.